The largest absolute Gasteiger partial charge is 0.456 e. The van der Waals surface area contributed by atoms with Crippen molar-refractivity contribution in [1.82, 2.24) is 29.9 Å². The summed E-state index contributed by atoms with van der Waals surface area (Å²) in [5.41, 5.74) is 20.0. The molecule has 0 aliphatic rings. The molecule has 0 aliphatic carbocycles. The van der Waals surface area contributed by atoms with Gasteiger partial charge in [-0.15, -0.1) is 11.3 Å². The molecule has 9 heteroatoms. The van der Waals surface area contributed by atoms with E-state index in [0.717, 1.165) is 28.0 Å². The number of thiophene rings is 1. The Morgan fingerprint density at radius 1 is 0.275 bits per heavy atom. The number of benzene rings is 10. The highest BCUT2D eigenvalue weighted by atomic mass is 32.1. The van der Waals surface area contributed by atoms with Gasteiger partial charge in [-0.25, -0.2) is 4.98 Å². The lowest BCUT2D eigenvalue weighted by Crippen LogP contribution is -1.78. The summed E-state index contributed by atoms with van der Waals surface area (Å²) in [4.78, 5) is 23.8. The van der Waals surface area contributed by atoms with E-state index in [1.807, 2.05) is 124 Å². The fourth-order valence-corrected chi connectivity index (χ4v) is 11.1. The Bertz CT molecular complexity index is 5210. The second kappa shape index (κ2) is 39.4. The molecule has 0 unspecified atom stereocenters. The number of H-pyrrole nitrogens is 1. The zero-order valence-corrected chi connectivity index (χ0v) is 60.7. The van der Waals surface area contributed by atoms with Gasteiger partial charge in [-0.1, -0.05) is 235 Å². The second-order valence-electron chi connectivity index (χ2n) is 24.5. The van der Waals surface area contributed by atoms with Crippen molar-refractivity contribution < 1.29 is 8.83 Å². The Morgan fingerprint density at radius 2 is 0.775 bits per heavy atom. The lowest BCUT2D eigenvalue weighted by molar-refractivity contribution is 0.666. The molecular formula is C93H88N6O2S. The van der Waals surface area contributed by atoms with E-state index in [-0.39, 0.29) is 0 Å². The second-order valence-corrected chi connectivity index (χ2v) is 25.7. The van der Waals surface area contributed by atoms with Crippen molar-refractivity contribution in [3.63, 3.8) is 0 Å². The fourth-order valence-electron chi connectivity index (χ4n) is 10.5. The Kier molecular flexibility index (Phi) is 28.6. The predicted molar refractivity (Wildman–Crippen MR) is 433 cm³/mol. The molecule has 102 heavy (non-hydrogen) atoms. The van der Waals surface area contributed by atoms with E-state index in [4.69, 9.17) is 8.83 Å². The third kappa shape index (κ3) is 23.5. The zero-order chi connectivity index (χ0) is 71.7. The van der Waals surface area contributed by atoms with Crippen molar-refractivity contribution in [2.75, 3.05) is 0 Å². The minimum Gasteiger partial charge on any atom is -0.456 e. The summed E-state index contributed by atoms with van der Waals surface area (Å²) in [5.74, 6) is 0. The maximum absolute atomic E-state index is 5.78. The lowest BCUT2D eigenvalue weighted by Gasteiger charge is -2.00. The van der Waals surface area contributed by atoms with E-state index < -0.39 is 0 Å². The van der Waals surface area contributed by atoms with Crippen molar-refractivity contribution in [3.05, 3.63) is 402 Å². The molecule has 0 radical (unpaired) electrons. The molecule has 0 saturated carbocycles. The van der Waals surface area contributed by atoms with Crippen LogP contribution in [0.3, 0.4) is 0 Å². The number of fused-ring (bicyclic) bond motifs is 8. The first-order chi connectivity index (χ1) is 49.7. The number of nitrogens with one attached hydrogen (secondary N) is 1. The quantitative estimate of drug-likeness (QED) is 0.184. The maximum atomic E-state index is 5.78. The molecule has 0 fully saturated rings. The molecule has 0 saturated heterocycles. The van der Waals surface area contributed by atoms with E-state index in [1.165, 1.54) is 115 Å². The molecule has 1 N–H and O–H groups in total. The Labute approximate surface area is 604 Å². The third-order valence-corrected chi connectivity index (χ3v) is 16.9. The average Bonchev–Trinajstić information content (AvgIpc) is 1.64. The first kappa shape index (κ1) is 74.1. The molecule has 0 aliphatic heterocycles. The van der Waals surface area contributed by atoms with Gasteiger partial charge in [0.2, 0.25) is 0 Å². The van der Waals surface area contributed by atoms with Crippen LogP contribution in [-0.2, 0) is 0 Å². The van der Waals surface area contributed by atoms with E-state index in [2.05, 4.69) is 284 Å². The van der Waals surface area contributed by atoms with E-state index in [1.54, 1.807) is 48.6 Å². The minimum atomic E-state index is 0.966. The van der Waals surface area contributed by atoms with Gasteiger partial charge in [-0.05, 0) is 207 Å². The van der Waals surface area contributed by atoms with Crippen LogP contribution in [0.25, 0.3) is 87.7 Å². The van der Waals surface area contributed by atoms with Crippen molar-refractivity contribution >= 4 is 76.8 Å². The number of furan rings is 2. The van der Waals surface area contributed by atoms with Crippen molar-refractivity contribution in [3.8, 4) is 22.3 Å². The van der Waals surface area contributed by atoms with E-state index in [0.29, 0.717) is 0 Å². The Balaban J connectivity index is 0.000000134. The number of aryl methyl sites for hydroxylation is 10. The van der Waals surface area contributed by atoms with Crippen LogP contribution in [0.1, 0.15) is 55.1 Å². The molecule has 0 atom stereocenters. The van der Waals surface area contributed by atoms with Gasteiger partial charge in [-0.3, -0.25) is 19.9 Å². The van der Waals surface area contributed by atoms with Crippen LogP contribution in [0.2, 0.25) is 0 Å². The maximum Gasteiger partial charge on any atom is 0.138 e. The van der Waals surface area contributed by atoms with Gasteiger partial charge in [-0.2, -0.15) is 0 Å². The number of nitrogens with zero attached hydrogens (tertiary/aromatic N) is 5. The van der Waals surface area contributed by atoms with Crippen LogP contribution in [0.5, 0.6) is 0 Å². The summed E-state index contributed by atoms with van der Waals surface area (Å²) in [6.45, 7) is 20.7. The normalized spacial score (nSPS) is 10.1. The number of imidazole rings is 1. The Morgan fingerprint density at radius 3 is 1.31 bits per heavy atom. The number of aromatic amines is 1. The van der Waals surface area contributed by atoms with Gasteiger partial charge in [0.15, 0.2) is 0 Å². The van der Waals surface area contributed by atoms with Crippen molar-refractivity contribution in [2.24, 2.45) is 0 Å². The molecule has 18 rings (SSSR count). The third-order valence-electron chi connectivity index (χ3n) is 16.1. The monoisotopic (exact) mass is 1350 g/mol. The highest BCUT2D eigenvalue weighted by Gasteiger charge is 2.08. The van der Waals surface area contributed by atoms with Gasteiger partial charge < -0.3 is 13.8 Å². The molecule has 8 aromatic heterocycles. The summed E-state index contributed by atoms with van der Waals surface area (Å²) in [6, 6.07) is 95.7. The highest BCUT2D eigenvalue weighted by Crippen LogP contribution is 2.31. The topological polar surface area (TPSA) is 107 Å². The average molecular weight is 1350 g/mol. The molecule has 10 aromatic carbocycles. The number of rotatable bonds is 2. The molecule has 508 valence electrons. The van der Waals surface area contributed by atoms with Gasteiger partial charge in [0.1, 0.15) is 22.3 Å². The molecule has 8 heterocycles. The number of hydrogen-bond donors (Lipinski definition) is 1. The smallest absolute Gasteiger partial charge is 0.138 e. The molecule has 18 aromatic rings. The Hall–Kier alpha value is -12.2. The van der Waals surface area contributed by atoms with Crippen molar-refractivity contribution in [1.29, 1.82) is 0 Å². The van der Waals surface area contributed by atoms with Crippen LogP contribution < -0.4 is 0 Å². The summed E-state index contributed by atoms with van der Waals surface area (Å²) in [5, 5.41) is 12.2. The van der Waals surface area contributed by atoms with Crippen LogP contribution in [0, 0.1) is 69.2 Å². The first-order valence-corrected chi connectivity index (χ1v) is 34.9. The molecule has 0 bridgehead atoms. The lowest BCUT2D eigenvalue weighted by atomic mass is 10.1. The number of aromatic nitrogens is 6. The summed E-state index contributed by atoms with van der Waals surface area (Å²) in [6.07, 6.45) is 17.9. The fraction of sp³-hybridized carbons (Fsp3) is 0.108. The summed E-state index contributed by atoms with van der Waals surface area (Å²) in [7, 11) is 0. The molecular weight excluding hydrogens is 1270 g/mol. The number of para-hydroxylation sites is 3. The minimum absolute atomic E-state index is 0.966. The van der Waals surface area contributed by atoms with E-state index >= 15 is 0 Å². The molecule has 0 spiro atoms. The summed E-state index contributed by atoms with van der Waals surface area (Å²) < 4.78 is 11.5. The van der Waals surface area contributed by atoms with Crippen LogP contribution in [-0.4, -0.2) is 29.9 Å². The summed E-state index contributed by atoms with van der Waals surface area (Å²) >= 11 is 1.78. The van der Waals surface area contributed by atoms with Gasteiger partial charge in [0, 0.05) is 87.9 Å². The van der Waals surface area contributed by atoms with Crippen LogP contribution in [0.4, 0.5) is 0 Å². The van der Waals surface area contributed by atoms with E-state index in [9.17, 15) is 0 Å². The highest BCUT2D eigenvalue weighted by molar-refractivity contribution is 7.09. The molecule has 8 nitrogen and oxygen atoms in total. The first-order valence-electron chi connectivity index (χ1n) is 34.0. The SMILES string of the molecule is Cc1ccc(-c2cccnc2)cc1.Cc1ccc(-c2ccncc2)cc1.Cc1ccc2c(c1)oc1ccccc12.Cc1ccc2ccccc2c1.Cc1cccc2c1oc1ccccc12.Cc1cccc2ccccc12.Cc1cccnc1.Cc1cccs1.Cc1ccncc1.Cc1cnc[nH]1. The van der Waals surface area contributed by atoms with Crippen LogP contribution >= 0.6 is 11.3 Å². The van der Waals surface area contributed by atoms with Crippen molar-refractivity contribution in [2.45, 2.75) is 69.2 Å². The standard InChI is InChI=1S/2C13H10O.2C12H11N.2C11H10.2C6H7N.C5H6S.C4H6N2/c1-9-5-4-7-11-10-6-2-3-8-12(10)14-13(9)11;1-9-6-7-11-10-4-2-3-5-12(10)14-13(11)8-9;1-10-2-4-11(5-3-10)12-6-8-13-9-7-12;1-10-4-6-11(7-5-10)12-3-2-8-13-9-12;1-9-5-4-7-10-6-2-3-8-11(9)10;1-9-6-7-10-4-2-3-5-11(10)8-9;1-6-2-4-7-5-3-6;1-6-3-2-4-7-5-6;1-5-3-2-4-6-5;1-4-2-5-3-6-4/h2*2-8H,1H3;2*2-9H,1H3;2*2-8H,1H3;2*2-5H,1H3;2-4H,1H3;2-3H,1H3,(H,5,6). The van der Waals surface area contributed by atoms with Gasteiger partial charge in [0.25, 0.3) is 0 Å². The number of pyridine rings is 4. The molecule has 0 amide bonds. The van der Waals surface area contributed by atoms with Gasteiger partial charge in [0.05, 0.1) is 6.33 Å². The predicted octanol–water partition coefficient (Wildman–Crippen LogP) is 25.8. The number of hydrogen-bond acceptors (Lipinski definition) is 8. The van der Waals surface area contributed by atoms with Crippen LogP contribution in [0.15, 0.2) is 355 Å². The van der Waals surface area contributed by atoms with Gasteiger partial charge >= 0.3 is 0 Å². The zero-order valence-electron chi connectivity index (χ0n) is 59.9.